The monoisotopic (exact) mass is 355 g/mol. The van der Waals surface area contributed by atoms with Crippen LogP contribution in [0.5, 0.6) is 0 Å². The van der Waals surface area contributed by atoms with E-state index in [-0.39, 0.29) is 17.3 Å². The van der Waals surface area contributed by atoms with Crippen LogP contribution >= 0.6 is 0 Å². The van der Waals surface area contributed by atoms with Crippen LogP contribution in [0.1, 0.15) is 22.3 Å². The smallest absolute Gasteiger partial charge is 0.338 e. The lowest BCUT2D eigenvalue weighted by molar-refractivity contribution is -0.143. The van der Waals surface area contributed by atoms with Gasteiger partial charge in [-0.15, -0.1) is 10.2 Å². The summed E-state index contributed by atoms with van der Waals surface area (Å²) in [5.74, 6) is -2.18. The average molecular weight is 355 g/mol. The third-order valence-corrected chi connectivity index (χ3v) is 3.54. The fourth-order valence-electron chi connectivity index (χ4n) is 2.24. The number of hydrogen-bond donors (Lipinski definition) is 1. The summed E-state index contributed by atoms with van der Waals surface area (Å²) in [5.41, 5.74) is 0.430. The van der Waals surface area contributed by atoms with Crippen LogP contribution in [0.2, 0.25) is 0 Å². The van der Waals surface area contributed by atoms with Crippen molar-refractivity contribution in [3.8, 4) is 11.5 Å². The van der Waals surface area contributed by atoms with Gasteiger partial charge in [-0.3, -0.25) is 4.79 Å². The molecule has 1 N–H and O–H groups in total. The van der Waals surface area contributed by atoms with Crippen molar-refractivity contribution >= 4 is 11.9 Å². The highest BCUT2D eigenvalue weighted by Gasteiger charge is 2.30. The molecule has 7 nitrogen and oxygen atoms in total. The molecule has 0 aliphatic rings. The number of carbonyl (C=O) groups is 2. The number of amides is 1. The maximum atomic E-state index is 13.9. The lowest BCUT2D eigenvalue weighted by Gasteiger charge is -2.12. The molecule has 26 heavy (non-hydrogen) atoms. The number of aromatic nitrogens is 2. The predicted molar refractivity (Wildman–Crippen MR) is 88.4 cm³/mol. The van der Waals surface area contributed by atoms with Crippen molar-refractivity contribution in [2.75, 3.05) is 7.11 Å². The molecule has 8 heteroatoms. The van der Waals surface area contributed by atoms with Gasteiger partial charge in [0, 0.05) is 5.56 Å². The molecule has 1 aromatic heterocycles. The van der Waals surface area contributed by atoms with Crippen LogP contribution in [0.15, 0.2) is 59.0 Å². The lowest BCUT2D eigenvalue weighted by atomic mass is 10.2. The molecule has 132 valence electrons. The largest absolute Gasteiger partial charge is 0.467 e. The van der Waals surface area contributed by atoms with Gasteiger partial charge in [-0.2, -0.15) is 0 Å². The molecule has 0 saturated carbocycles. The van der Waals surface area contributed by atoms with E-state index < -0.39 is 23.7 Å². The Kier molecular flexibility index (Phi) is 5.02. The highest BCUT2D eigenvalue weighted by atomic mass is 19.1. The molecule has 0 radical (unpaired) electrons. The van der Waals surface area contributed by atoms with Gasteiger partial charge in [0.15, 0.2) is 0 Å². The Hall–Kier alpha value is -3.55. The summed E-state index contributed by atoms with van der Waals surface area (Å²) < 4.78 is 23.9. The minimum atomic E-state index is -1.32. The van der Waals surface area contributed by atoms with Crippen LogP contribution in [0, 0.1) is 5.82 Å². The fourth-order valence-corrected chi connectivity index (χ4v) is 2.24. The number of esters is 1. The quantitative estimate of drug-likeness (QED) is 0.707. The molecule has 3 aromatic rings. The first-order chi connectivity index (χ1) is 12.6. The standard InChI is InChI=1S/C18H14FN3O4/c1-25-18(24)14(20-15(23)11-7-3-2-4-8-11)17-22-21-16(26-17)12-9-5-6-10-13(12)19/h2-10,14H,1H3,(H,20,23)/t14-/m0/s1. The highest BCUT2D eigenvalue weighted by Crippen LogP contribution is 2.24. The van der Waals surface area contributed by atoms with Crippen molar-refractivity contribution in [1.29, 1.82) is 0 Å². The predicted octanol–water partition coefficient (Wildman–Crippen LogP) is 2.52. The maximum absolute atomic E-state index is 13.9. The summed E-state index contributed by atoms with van der Waals surface area (Å²) in [6.45, 7) is 0. The lowest BCUT2D eigenvalue weighted by Crippen LogP contribution is -2.34. The van der Waals surface area contributed by atoms with Crippen LogP contribution in [-0.2, 0) is 9.53 Å². The highest BCUT2D eigenvalue weighted by molar-refractivity contribution is 5.96. The van der Waals surface area contributed by atoms with Gasteiger partial charge in [0.05, 0.1) is 12.7 Å². The van der Waals surface area contributed by atoms with Crippen LogP contribution in [0.3, 0.4) is 0 Å². The minimum Gasteiger partial charge on any atom is -0.467 e. The summed E-state index contributed by atoms with van der Waals surface area (Å²) in [5, 5.41) is 9.98. The molecular weight excluding hydrogens is 341 g/mol. The van der Waals surface area contributed by atoms with Gasteiger partial charge >= 0.3 is 5.97 Å². The molecule has 0 aliphatic carbocycles. The molecule has 0 spiro atoms. The second kappa shape index (κ2) is 7.56. The summed E-state index contributed by atoms with van der Waals surface area (Å²) >= 11 is 0. The number of halogens is 1. The Morgan fingerprint density at radius 1 is 1.08 bits per heavy atom. The number of rotatable bonds is 5. The van der Waals surface area contributed by atoms with E-state index in [2.05, 4.69) is 20.3 Å². The van der Waals surface area contributed by atoms with Crippen LogP contribution in [0.4, 0.5) is 4.39 Å². The zero-order valence-electron chi connectivity index (χ0n) is 13.7. The Labute approximate surface area is 147 Å². The molecule has 0 bridgehead atoms. The SMILES string of the molecule is COC(=O)[C@@H](NC(=O)c1ccccc1)c1nnc(-c2ccccc2F)o1. The van der Waals surface area contributed by atoms with Crippen molar-refractivity contribution in [1.82, 2.24) is 15.5 Å². The second-order valence-corrected chi connectivity index (χ2v) is 5.22. The summed E-state index contributed by atoms with van der Waals surface area (Å²) in [7, 11) is 1.16. The van der Waals surface area contributed by atoms with Crippen molar-refractivity contribution < 1.29 is 23.1 Å². The molecule has 1 amide bonds. The number of hydrogen-bond acceptors (Lipinski definition) is 6. The van der Waals surface area contributed by atoms with Gasteiger partial charge in [0.1, 0.15) is 5.82 Å². The van der Waals surface area contributed by atoms with E-state index in [0.717, 1.165) is 7.11 Å². The van der Waals surface area contributed by atoms with Gasteiger partial charge in [0.25, 0.3) is 17.7 Å². The van der Waals surface area contributed by atoms with E-state index in [1.165, 1.54) is 18.2 Å². The van der Waals surface area contributed by atoms with Crippen LogP contribution in [-0.4, -0.2) is 29.2 Å². The van der Waals surface area contributed by atoms with Gasteiger partial charge < -0.3 is 14.5 Å². The van der Waals surface area contributed by atoms with Gasteiger partial charge in [-0.05, 0) is 24.3 Å². The molecule has 0 unspecified atom stereocenters. The van der Waals surface area contributed by atoms with E-state index in [9.17, 15) is 14.0 Å². The van der Waals surface area contributed by atoms with E-state index in [1.807, 2.05) is 0 Å². The number of nitrogens with zero attached hydrogens (tertiary/aromatic N) is 2. The van der Waals surface area contributed by atoms with Gasteiger partial charge in [-0.25, -0.2) is 9.18 Å². The van der Waals surface area contributed by atoms with Crippen molar-refractivity contribution in [3.05, 3.63) is 71.9 Å². The molecule has 0 aliphatic heterocycles. The number of methoxy groups -OCH3 is 1. The zero-order chi connectivity index (χ0) is 18.5. The average Bonchev–Trinajstić information content (AvgIpc) is 3.16. The fraction of sp³-hybridized carbons (Fsp3) is 0.111. The third kappa shape index (κ3) is 3.59. The first-order valence-electron chi connectivity index (χ1n) is 7.62. The molecule has 0 fully saturated rings. The minimum absolute atomic E-state index is 0.0873. The Morgan fingerprint density at radius 3 is 2.46 bits per heavy atom. The van der Waals surface area contributed by atoms with E-state index in [1.54, 1.807) is 36.4 Å². The molecule has 1 atom stereocenters. The molecule has 3 rings (SSSR count). The number of benzene rings is 2. The molecule has 1 heterocycles. The van der Waals surface area contributed by atoms with E-state index in [0.29, 0.717) is 5.56 Å². The normalized spacial score (nSPS) is 11.6. The van der Waals surface area contributed by atoms with Crippen LogP contribution in [0.25, 0.3) is 11.5 Å². The summed E-state index contributed by atoms with van der Waals surface area (Å²) in [4.78, 5) is 24.4. The first kappa shape index (κ1) is 17.3. The molecular formula is C18H14FN3O4. The van der Waals surface area contributed by atoms with Gasteiger partial charge in [0.2, 0.25) is 6.04 Å². The summed E-state index contributed by atoms with van der Waals surface area (Å²) in [6, 6.07) is 12.8. The van der Waals surface area contributed by atoms with Crippen LogP contribution < -0.4 is 5.32 Å². The number of nitrogens with one attached hydrogen (secondary N) is 1. The maximum Gasteiger partial charge on any atom is 0.338 e. The van der Waals surface area contributed by atoms with Crippen molar-refractivity contribution in [2.45, 2.75) is 6.04 Å². The number of ether oxygens (including phenoxy) is 1. The van der Waals surface area contributed by atoms with E-state index in [4.69, 9.17) is 4.42 Å². The second-order valence-electron chi connectivity index (χ2n) is 5.22. The first-order valence-corrected chi connectivity index (χ1v) is 7.62. The Morgan fingerprint density at radius 2 is 1.77 bits per heavy atom. The Balaban J connectivity index is 1.88. The number of carbonyl (C=O) groups excluding carboxylic acids is 2. The van der Waals surface area contributed by atoms with Crippen molar-refractivity contribution in [3.63, 3.8) is 0 Å². The third-order valence-electron chi connectivity index (χ3n) is 3.54. The topological polar surface area (TPSA) is 94.3 Å². The molecule has 0 saturated heterocycles. The van der Waals surface area contributed by atoms with E-state index >= 15 is 0 Å². The van der Waals surface area contributed by atoms with Gasteiger partial charge in [-0.1, -0.05) is 30.3 Å². The zero-order valence-corrected chi connectivity index (χ0v) is 13.7. The summed E-state index contributed by atoms with van der Waals surface area (Å²) in [6.07, 6.45) is 0. The van der Waals surface area contributed by atoms with Crippen molar-refractivity contribution in [2.24, 2.45) is 0 Å². The Bertz CT molecular complexity index is 927. The molecule has 2 aromatic carbocycles.